The number of aryl methyl sites for hydroxylation is 1. The van der Waals surface area contributed by atoms with E-state index in [2.05, 4.69) is 79.0 Å². The largest absolute Gasteiger partial charge is 0.278 e. The minimum absolute atomic E-state index is 0.978. The van der Waals surface area contributed by atoms with Crippen LogP contribution in [-0.2, 0) is 0 Å². The number of hydrogen-bond donors (Lipinski definition) is 1. The van der Waals surface area contributed by atoms with E-state index in [1.807, 2.05) is 13.0 Å². The third-order valence-corrected chi connectivity index (χ3v) is 4.12. The van der Waals surface area contributed by atoms with E-state index in [4.69, 9.17) is 0 Å². The van der Waals surface area contributed by atoms with Crippen LogP contribution in [-0.4, -0.2) is 5.71 Å². The molecule has 3 aromatic rings. The van der Waals surface area contributed by atoms with Gasteiger partial charge in [-0.2, -0.15) is 5.10 Å². The Morgan fingerprint density at radius 3 is 2.45 bits per heavy atom. The molecule has 2 heteroatoms. The molecule has 3 rings (SSSR count). The maximum atomic E-state index is 4.54. The second-order valence-electron chi connectivity index (χ2n) is 5.62. The van der Waals surface area contributed by atoms with Gasteiger partial charge in [-0.1, -0.05) is 48.5 Å². The highest BCUT2D eigenvalue weighted by Crippen LogP contribution is 2.19. The van der Waals surface area contributed by atoms with E-state index >= 15 is 0 Å². The van der Waals surface area contributed by atoms with E-state index in [1.54, 1.807) is 0 Å². The Bertz CT molecular complexity index is 847. The van der Waals surface area contributed by atoms with Crippen molar-refractivity contribution in [3.63, 3.8) is 0 Å². The number of anilines is 1. The summed E-state index contributed by atoms with van der Waals surface area (Å²) in [6.45, 7) is 6.25. The highest BCUT2D eigenvalue weighted by molar-refractivity contribution is 6.02. The quantitative estimate of drug-likeness (QED) is 0.514. The molecule has 0 aliphatic carbocycles. The van der Waals surface area contributed by atoms with Gasteiger partial charge in [0.05, 0.1) is 11.4 Å². The summed E-state index contributed by atoms with van der Waals surface area (Å²) >= 11 is 0. The Morgan fingerprint density at radius 2 is 1.64 bits per heavy atom. The Morgan fingerprint density at radius 1 is 0.864 bits per heavy atom. The monoisotopic (exact) mass is 288 g/mol. The molecule has 0 saturated carbocycles. The van der Waals surface area contributed by atoms with Gasteiger partial charge in [0, 0.05) is 0 Å². The van der Waals surface area contributed by atoms with Crippen molar-refractivity contribution in [2.24, 2.45) is 5.10 Å². The highest BCUT2D eigenvalue weighted by Gasteiger charge is 2.02. The van der Waals surface area contributed by atoms with Crippen molar-refractivity contribution in [1.29, 1.82) is 0 Å². The molecule has 0 fully saturated rings. The number of nitrogens with zero attached hydrogens (tertiary/aromatic N) is 1. The number of rotatable bonds is 3. The molecular formula is C20H20N2. The van der Waals surface area contributed by atoms with Crippen LogP contribution in [0.3, 0.4) is 0 Å². The fourth-order valence-corrected chi connectivity index (χ4v) is 2.50. The summed E-state index contributed by atoms with van der Waals surface area (Å²) in [6.07, 6.45) is 0. The molecule has 0 amide bonds. The molecule has 1 N–H and O–H groups in total. The lowest BCUT2D eigenvalue weighted by atomic mass is 10.0. The first-order valence-corrected chi connectivity index (χ1v) is 7.51. The van der Waals surface area contributed by atoms with Crippen LogP contribution < -0.4 is 5.43 Å². The van der Waals surface area contributed by atoms with Gasteiger partial charge in [0.25, 0.3) is 0 Å². The Hall–Kier alpha value is -2.61. The van der Waals surface area contributed by atoms with Gasteiger partial charge in [0.1, 0.15) is 0 Å². The molecule has 110 valence electrons. The molecule has 2 nitrogen and oxygen atoms in total. The maximum absolute atomic E-state index is 4.54. The zero-order valence-corrected chi connectivity index (χ0v) is 13.2. The molecule has 0 radical (unpaired) electrons. The van der Waals surface area contributed by atoms with Gasteiger partial charge in [-0.05, 0) is 60.4 Å². The molecule has 0 aliphatic heterocycles. The van der Waals surface area contributed by atoms with Gasteiger partial charge in [-0.3, -0.25) is 5.43 Å². The van der Waals surface area contributed by atoms with Gasteiger partial charge < -0.3 is 0 Å². The van der Waals surface area contributed by atoms with Crippen molar-refractivity contribution >= 4 is 22.2 Å². The summed E-state index contributed by atoms with van der Waals surface area (Å²) in [4.78, 5) is 0. The Kier molecular flexibility index (Phi) is 3.92. The zero-order valence-electron chi connectivity index (χ0n) is 13.2. The lowest BCUT2D eigenvalue weighted by Crippen LogP contribution is -2.01. The van der Waals surface area contributed by atoms with E-state index in [9.17, 15) is 0 Å². The van der Waals surface area contributed by atoms with Crippen LogP contribution in [0.4, 0.5) is 5.69 Å². The predicted octanol–water partition coefficient (Wildman–Crippen LogP) is 5.29. The third kappa shape index (κ3) is 2.86. The van der Waals surface area contributed by atoms with E-state index in [-0.39, 0.29) is 0 Å². The van der Waals surface area contributed by atoms with Crippen LogP contribution in [0.2, 0.25) is 0 Å². The second-order valence-corrected chi connectivity index (χ2v) is 5.62. The zero-order chi connectivity index (χ0) is 15.5. The number of benzene rings is 3. The first kappa shape index (κ1) is 14.3. The average molecular weight is 288 g/mol. The minimum atomic E-state index is 0.978. The predicted molar refractivity (Wildman–Crippen MR) is 95.7 cm³/mol. The van der Waals surface area contributed by atoms with Crippen molar-refractivity contribution < 1.29 is 0 Å². The third-order valence-electron chi connectivity index (χ3n) is 4.12. The summed E-state index contributed by atoms with van der Waals surface area (Å²) in [7, 11) is 0. The van der Waals surface area contributed by atoms with Crippen LogP contribution in [0.1, 0.15) is 23.6 Å². The van der Waals surface area contributed by atoms with Crippen molar-refractivity contribution in [3.8, 4) is 0 Å². The van der Waals surface area contributed by atoms with Gasteiger partial charge in [0.15, 0.2) is 0 Å². The summed E-state index contributed by atoms with van der Waals surface area (Å²) in [5.41, 5.74) is 8.86. The highest BCUT2D eigenvalue weighted by atomic mass is 15.3. The fourth-order valence-electron chi connectivity index (χ4n) is 2.50. The molecular weight excluding hydrogens is 268 g/mol. The minimum Gasteiger partial charge on any atom is -0.278 e. The number of fused-ring (bicyclic) bond motifs is 1. The van der Waals surface area contributed by atoms with Crippen LogP contribution in [0.5, 0.6) is 0 Å². The fraction of sp³-hybridized carbons (Fsp3) is 0.150. The standard InChI is InChI=1S/C20H20N2/c1-14-7-6-10-20(15(14)2)22-21-16(3)18-12-11-17-8-4-5-9-19(17)13-18/h4-13,22H,1-3H3/b21-16+. The molecule has 0 aliphatic rings. The topological polar surface area (TPSA) is 24.4 Å². The lowest BCUT2D eigenvalue weighted by Gasteiger charge is -2.09. The van der Waals surface area contributed by atoms with Crippen LogP contribution >= 0.6 is 0 Å². The molecule has 0 aromatic heterocycles. The van der Waals surface area contributed by atoms with Gasteiger partial charge in [-0.15, -0.1) is 0 Å². The molecule has 22 heavy (non-hydrogen) atoms. The van der Waals surface area contributed by atoms with Gasteiger partial charge in [0.2, 0.25) is 0 Å². The molecule has 0 spiro atoms. The lowest BCUT2D eigenvalue weighted by molar-refractivity contribution is 1.26. The van der Waals surface area contributed by atoms with Crippen LogP contribution in [0.15, 0.2) is 65.8 Å². The van der Waals surface area contributed by atoms with Crippen molar-refractivity contribution in [1.82, 2.24) is 0 Å². The van der Waals surface area contributed by atoms with Gasteiger partial charge in [-0.25, -0.2) is 0 Å². The molecule has 0 unspecified atom stereocenters. The average Bonchev–Trinajstić information content (AvgIpc) is 2.55. The Balaban J connectivity index is 1.88. The van der Waals surface area contributed by atoms with E-state index < -0.39 is 0 Å². The van der Waals surface area contributed by atoms with E-state index in [1.165, 1.54) is 21.9 Å². The summed E-state index contributed by atoms with van der Waals surface area (Å²) < 4.78 is 0. The number of hydrazone groups is 1. The van der Waals surface area contributed by atoms with E-state index in [0.29, 0.717) is 0 Å². The second kappa shape index (κ2) is 6.02. The number of nitrogens with one attached hydrogen (secondary N) is 1. The normalized spacial score (nSPS) is 11.7. The molecule has 0 heterocycles. The number of hydrogen-bond acceptors (Lipinski definition) is 2. The molecule has 0 bridgehead atoms. The summed E-state index contributed by atoms with van der Waals surface area (Å²) in [5.74, 6) is 0. The summed E-state index contributed by atoms with van der Waals surface area (Å²) in [6, 6.07) is 21.0. The molecule has 0 saturated heterocycles. The van der Waals surface area contributed by atoms with Crippen LogP contribution in [0, 0.1) is 13.8 Å². The van der Waals surface area contributed by atoms with Gasteiger partial charge >= 0.3 is 0 Å². The SMILES string of the molecule is C/C(=N\Nc1cccc(C)c1C)c1ccc2ccccc2c1. The Labute approximate surface area is 131 Å². The van der Waals surface area contributed by atoms with E-state index in [0.717, 1.165) is 17.0 Å². The van der Waals surface area contributed by atoms with Crippen LogP contribution in [0.25, 0.3) is 10.8 Å². The first-order valence-electron chi connectivity index (χ1n) is 7.51. The molecule has 0 atom stereocenters. The first-order chi connectivity index (χ1) is 10.6. The summed E-state index contributed by atoms with van der Waals surface area (Å²) in [5, 5.41) is 7.03. The molecule has 3 aromatic carbocycles. The van der Waals surface area contributed by atoms with Crippen molar-refractivity contribution in [2.45, 2.75) is 20.8 Å². The van der Waals surface area contributed by atoms with Crippen molar-refractivity contribution in [3.05, 3.63) is 77.4 Å². The maximum Gasteiger partial charge on any atom is 0.0648 e. The van der Waals surface area contributed by atoms with Crippen molar-refractivity contribution in [2.75, 3.05) is 5.43 Å². The smallest absolute Gasteiger partial charge is 0.0648 e.